The number of hydrogen-bond donors (Lipinski definition) is 1. The van der Waals surface area contributed by atoms with Crippen LogP contribution in [0.1, 0.15) is 5.56 Å². The molecule has 0 bridgehead atoms. The number of anilines is 1. The van der Waals surface area contributed by atoms with E-state index in [1.54, 1.807) is 0 Å². The SMILES string of the molecule is CNc1ccc(-c2nc(-c3ccc(C)c(Br)c3)no2)cc1. The van der Waals surface area contributed by atoms with Crippen molar-refractivity contribution < 1.29 is 4.52 Å². The molecule has 5 heteroatoms. The highest BCUT2D eigenvalue weighted by atomic mass is 79.9. The Bertz CT molecular complexity index is 765. The summed E-state index contributed by atoms with van der Waals surface area (Å²) in [6, 6.07) is 13.9. The molecule has 0 atom stereocenters. The molecule has 0 aliphatic carbocycles. The number of aromatic nitrogens is 2. The van der Waals surface area contributed by atoms with Gasteiger partial charge >= 0.3 is 0 Å². The smallest absolute Gasteiger partial charge is 0.258 e. The van der Waals surface area contributed by atoms with Crippen LogP contribution in [0.3, 0.4) is 0 Å². The zero-order valence-corrected chi connectivity index (χ0v) is 13.3. The van der Waals surface area contributed by atoms with Gasteiger partial charge < -0.3 is 9.84 Å². The molecule has 1 heterocycles. The van der Waals surface area contributed by atoms with Crippen molar-refractivity contribution in [2.75, 3.05) is 12.4 Å². The van der Waals surface area contributed by atoms with Gasteiger partial charge in [-0.1, -0.05) is 33.2 Å². The third-order valence-electron chi connectivity index (χ3n) is 3.28. The van der Waals surface area contributed by atoms with Crippen LogP contribution in [0.5, 0.6) is 0 Å². The van der Waals surface area contributed by atoms with Gasteiger partial charge in [-0.2, -0.15) is 4.98 Å². The van der Waals surface area contributed by atoms with E-state index in [2.05, 4.69) is 31.4 Å². The van der Waals surface area contributed by atoms with Crippen LogP contribution in [-0.2, 0) is 0 Å². The van der Waals surface area contributed by atoms with E-state index in [0.717, 1.165) is 21.3 Å². The van der Waals surface area contributed by atoms with Gasteiger partial charge in [0.15, 0.2) is 0 Å². The van der Waals surface area contributed by atoms with Crippen LogP contribution in [0.15, 0.2) is 51.5 Å². The molecule has 1 aromatic heterocycles. The molecule has 3 aromatic rings. The van der Waals surface area contributed by atoms with E-state index in [1.807, 2.05) is 56.4 Å². The Morgan fingerprint density at radius 2 is 1.76 bits per heavy atom. The fourth-order valence-electron chi connectivity index (χ4n) is 1.97. The zero-order valence-electron chi connectivity index (χ0n) is 11.7. The van der Waals surface area contributed by atoms with E-state index < -0.39 is 0 Å². The van der Waals surface area contributed by atoms with Crippen LogP contribution >= 0.6 is 15.9 Å². The normalized spacial score (nSPS) is 10.6. The van der Waals surface area contributed by atoms with Crippen molar-refractivity contribution in [1.82, 2.24) is 10.1 Å². The molecule has 0 radical (unpaired) electrons. The van der Waals surface area contributed by atoms with Gasteiger partial charge in [-0.3, -0.25) is 0 Å². The topological polar surface area (TPSA) is 51.0 Å². The maximum Gasteiger partial charge on any atom is 0.258 e. The Morgan fingerprint density at radius 1 is 1.05 bits per heavy atom. The molecule has 0 fully saturated rings. The second-order valence-electron chi connectivity index (χ2n) is 4.71. The first-order valence-corrected chi connectivity index (χ1v) is 7.35. The quantitative estimate of drug-likeness (QED) is 0.759. The number of nitrogens with one attached hydrogen (secondary N) is 1. The molecule has 2 aromatic carbocycles. The minimum Gasteiger partial charge on any atom is -0.388 e. The fraction of sp³-hybridized carbons (Fsp3) is 0.125. The summed E-state index contributed by atoms with van der Waals surface area (Å²) in [5.74, 6) is 1.10. The fourth-order valence-corrected chi connectivity index (χ4v) is 2.35. The van der Waals surface area contributed by atoms with Crippen molar-refractivity contribution in [3.8, 4) is 22.8 Å². The monoisotopic (exact) mass is 343 g/mol. The summed E-state index contributed by atoms with van der Waals surface area (Å²) in [6.07, 6.45) is 0. The molecule has 106 valence electrons. The zero-order chi connectivity index (χ0) is 14.8. The van der Waals surface area contributed by atoms with Gasteiger partial charge in [0.1, 0.15) is 0 Å². The predicted molar refractivity (Wildman–Crippen MR) is 87.2 cm³/mol. The first kappa shape index (κ1) is 13.8. The molecule has 3 rings (SSSR count). The average molecular weight is 344 g/mol. The van der Waals surface area contributed by atoms with Gasteiger partial charge in [0.05, 0.1) is 0 Å². The van der Waals surface area contributed by atoms with Gasteiger partial charge in [0, 0.05) is 28.3 Å². The Morgan fingerprint density at radius 3 is 2.43 bits per heavy atom. The van der Waals surface area contributed by atoms with Crippen LogP contribution in [-0.4, -0.2) is 17.2 Å². The summed E-state index contributed by atoms with van der Waals surface area (Å²) in [4.78, 5) is 4.46. The number of nitrogens with zero attached hydrogens (tertiary/aromatic N) is 2. The van der Waals surface area contributed by atoms with Crippen LogP contribution in [0.2, 0.25) is 0 Å². The van der Waals surface area contributed by atoms with Crippen molar-refractivity contribution in [2.45, 2.75) is 6.92 Å². The molecule has 21 heavy (non-hydrogen) atoms. The minimum atomic E-state index is 0.518. The molecule has 1 N–H and O–H groups in total. The van der Waals surface area contributed by atoms with Gasteiger partial charge in [-0.05, 0) is 42.8 Å². The van der Waals surface area contributed by atoms with Crippen molar-refractivity contribution in [1.29, 1.82) is 0 Å². The lowest BCUT2D eigenvalue weighted by atomic mass is 10.1. The number of benzene rings is 2. The molecule has 0 unspecified atom stereocenters. The van der Waals surface area contributed by atoms with Crippen LogP contribution < -0.4 is 5.32 Å². The van der Waals surface area contributed by atoms with E-state index >= 15 is 0 Å². The summed E-state index contributed by atoms with van der Waals surface area (Å²) < 4.78 is 6.38. The van der Waals surface area contributed by atoms with E-state index in [4.69, 9.17) is 4.52 Å². The Hall–Kier alpha value is -2.14. The largest absolute Gasteiger partial charge is 0.388 e. The summed E-state index contributed by atoms with van der Waals surface area (Å²) in [6.45, 7) is 2.04. The van der Waals surface area contributed by atoms with Gasteiger partial charge in [0.2, 0.25) is 5.82 Å². The third kappa shape index (κ3) is 2.83. The average Bonchev–Trinajstić information content (AvgIpc) is 3.00. The Balaban J connectivity index is 1.93. The van der Waals surface area contributed by atoms with E-state index in [9.17, 15) is 0 Å². The third-order valence-corrected chi connectivity index (χ3v) is 4.13. The predicted octanol–water partition coefficient (Wildman–Crippen LogP) is 4.52. The summed E-state index contributed by atoms with van der Waals surface area (Å²) >= 11 is 3.52. The molecular formula is C16H14BrN3O. The molecule has 0 aliphatic rings. The van der Waals surface area contributed by atoms with Crippen molar-refractivity contribution in [2.24, 2.45) is 0 Å². The van der Waals surface area contributed by atoms with E-state index in [-0.39, 0.29) is 0 Å². The molecule has 4 nitrogen and oxygen atoms in total. The summed E-state index contributed by atoms with van der Waals surface area (Å²) in [5.41, 5.74) is 4.04. The van der Waals surface area contributed by atoms with Crippen LogP contribution in [0.25, 0.3) is 22.8 Å². The highest BCUT2D eigenvalue weighted by Gasteiger charge is 2.11. The van der Waals surface area contributed by atoms with E-state index in [1.165, 1.54) is 5.56 Å². The molecular weight excluding hydrogens is 330 g/mol. The highest BCUT2D eigenvalue weighted by molar-refractivity contribution is 9.10. The molecule has 0 aliphatic heterocycles. The maximum atomic E-state index is 5.35. The molecule has 0 amide bonds. The Kier molecular flexibility index (Phi) is 3.75. The molecule has 0 spiro atoms. The lowest BCUT2D eigenvalue weighted by Gasteiger charge is -2.00. The second kappa shape index (κ2) is 5.69. The summed E-state index contributed by atoms with van der Waals surface area (Å²) in [7, 11) is 1.88. The number of hydrogen-bond acceptors (Lipinski definition) is 4. The van der Waals surface area contributed by atoms with Crippen molar-refractivity contribution >= 4 is 21.6 Å². The first-order chi connectivity index (χ1) is 10.2. The van der Waals surface area contributed by atoms with Crippen LogP contribution in [0, 0.1) is 6.92 Å². The van der Waals surface area contributed by atoms with Crippen LogP contribution in [0.4, 0.5) is 5.69 Å². The Labute approximate surface area is 131 Å². The van der Waals surface area contributed by atoms with Gasteiger partial charge in [0.25, 0.3) is 5.89 Å². The summed E-state index contributed by atoms with van der Waals surface area (Å²) in [5, 5.41) is 7.13. The number of rotatable bonds is 3. The number of halogens is 1. The van der Waals surface area contributed by atoms with E-state index in [0.29, 0.717) is 11.7 Å². The van der Waals surface area contributed by atoms with Gasteiger partial charge in [-0.15, -0.1) is 0 Å². The van der Waals surface area contributed by atoms with Crippen molar-refractivity contribution in [3.63, 3.8) is 0 Å². The maximum absolute atomic E-state index is 5.35. The van der Waals surface area contributed by atoms with Gasteiger partial charge in [-0.25, -0.2) is 0 Å². The second-order valence-corrected chi connectivity index (χ2v) is 5.57. The minimum absolute atomic E-state index is 0.518. The lowest BCUT2D eigenvalue weighted by molar-refractivity contribution is 0.432. The highest BCUT2D eigenvalue weighted by Crippen LogP contribution is 2.26. The number of aryl methyl sites for hydroxylation is 1. The lowest BCUT2D eigenvalue weighted by Crippen LogP contribution is -1.87. The molecule has 0 saturated heterocycles. The van der Waals surface area contributed by atoms with Crippen molar-refractivity contribution in [3.05, 3.63) is 52.5 Å². The standard InChI is InChI=1S/C16H14BrN3O/c1-10-3-4-12(9-14(10)17)15-19-16(21-20-15)11-5-7-13(18-2)8-6-11/h3-9,18H,1-2H3. The molecule has 0 saturated carbocycles. The first-order valence-electron chi connectivity index (χ1n) is 6.56.